The number of nitrogens with one attached hydrogen (secondary N) is 2. The highest BCUT2D eigenvalue weighted by Gasteiger charge is 2.21. The zero-order chi connectivity index (χ0) is 13.9. The molecule has 108 valence electrons. The standard InChI is InChI=1S/C16H23N3O/c1-12-3-2-4-14(11-12)18-13-5-7-15(8-6-13)19-10-9-17-16(19)20/h5-8,12,14,18H,2-4,9-11H2,1H3,(H,17,20). The number of urea groups is 1. The van der Waals surface area contributed by atoms with Gasteiger partial charge < -0.3 is 10.6 Å². The van der Waals surface area contributed by atoms with Crippen LogP contribution in [0.5, 0.6) is 0 Å². The fourth-order valence-electron chi connectivity index (χ4n) is 3.26. The van der Waals surface area contributed by atoms with Crippen LogP contribution in [0.3, 0.4) is 0 Å². The second-order valence-corrected chi connectivity index (χ2v) is 6.04. The van der Waals surface area contributed by atoms with Crippen LogP contribution in [0.15, 0.2) is 24.3 Å². The van der Waals surface area contributed by atoms with E-state index in [-0.39, 0.29) is 6.03 Å². The highest BCUT2D eigenvalue weighted by atomic mass is 16.2. The maximum absolute atomic E-state index is 11.6. The third-order valence-corrected chi connectivity index (χ3v) is 4.34. The van der Waals surface area contributed by atoms with Gasteiger partial charge in [-0.1, -0.05) is 19.8 Å². The molecule has 2 atom stereocenters. The first-order valence-electron chi connectivity index (χ1n) is 7.64. The number of amides is 2. The first-order valence-corrected chi connectivity index (χ1v) is 7.64. The normalized spacial score (nSPS) is 26.4. The fraction of sp³-hybridized carbons (Fsp3) is 0.562. The molecular formula is C16H23N3O. The minimum atomic E-state index is 0.00631. The lowest BCUT2D eigenvalue weighted by atomic mass is 9.87. The molecule has 1 saturated heterocycles. The molecule has 2 aliphatic rings. The summed E-state index contributed by atoms with van der Waals surface area (Å²) in [4.78, 5) is 13.4. The number of nitrogens with zero attached hydrogens (tertiary/aromatic N) is 1. The molecule has 1 aliphatic heterocycles. The Morgan fingerprint density at radius 1 is 1.25 bits per heavy atom. The lowest BCUT2D eigenvalue weighted by molar-refractivity contribution is 0.252. The Balaban J connectivity index is 1.62. The number of benzene rings is 1. The number of rotatable bonds is 3. The quantitative estimate of drug-likeness (QED) is 0.888. The average Bonchev–Trinajstić information content (AvgIpc) is 2.86. The van der Waals surface area contributed by atoms with E-state index >= 15 is 0 Å². The fourth-order valence-corrected chi connectivity index (χ4v) is 3.26. The molecule has 0 radical (unpaired) electrons. The highest BCUT2D eigenvalue weighted by Crippen LogP contribution is 2.27. The summed E-state index contributed by atoms with van der Waals surface area (Å²) in [5.74, 6) is 0.828. The van der Waals surface area contributed by atoms with Gasteiger partial charge in [0.15, 0.2) is 0 Å². The number of carbonyl (C=O) groups is 1. The smallest absolute Gasteiger partial charge is 0.321 e. The van der Waals surface area contributed by atoms with Crippen LogP contribution in [0.25, 0.3) is 0 Å². The van der Waals surface area contributed by atoms with Crippen LogP contribution in [-0.4, -0.2) is 25.2 Å². The molecule has 1 aliphatic carbocycles. The van der Waals surface area contributed by atoms with Crippen LogP contribution in [0.2, 0.25) is 0 Å². The van der Waals surface area contributed by atoms with Crippen molar-refractivity contribution in [3.05, 3.63) is 24.3 Å². The van der Waals surface area contributed by atoms with Crippen molar-refractivity contribution in [2.24, 2.45) is 5.92 Å². The van der Waals surface area contributed by atoms with E-state index in [1.807, 2.05) is 12.1 Å². The van der Waals surface area contributed by atoms with Crippen LogP contribution < -0.4 is 15.5 Å². The van der Waals surface area contributed by atoms with E-state index in [0.29, 0.717) is 6.04 Å². The van der Waals surface area contributed by atoms with Gasteiger partial charge in [-0.25, -0.2) is 4.79 Å². The zero-order valence-corrected chi connectivity index (χ0v) is 12.1. The predicted molar refractivity (Wildman–Crippen MR) is 82.2 cm³/mol. The summed E-state index contributed by atoms with van der Waals surface area (Å²) < 4.78 is 0. The summed E-state index contributed by atoms with van der Waals surface area (Å²) in [6, 6.07) is 8.82. The second-order valence-electron chi connectivity index (χ2n) is 6.04. The SMILES string of the molecule is CC1CCCC(Nc2ccc(N3CCNC3=O)cc2)C1. The molecule has 1 aromatic rings. The maximum atomic E-state index is 11.6. The summed E-state index contributed by atoms with van der Waals surface area (Å²) in [7, 11) is 0. The van der Waals surface area contributed by atoms with Gasteiger partial charge in [-0.2, -0.15) is 0 Å². The average molecular weight is 273 g/mol. The number of hydrogen-bond donors (Lipinski definition) is 2. The molecule has 1 saturated carbocycles. The van der Waals surface area contributed by atoms with E-state index in [1.165, 1.54) is 25.7 Å². The monoisotopic (exact) mass is 273 g/mol. The molecule has 2 unspecified atom stereocenters. The molecule has 2 N–H and O–H groups in total. The summed E-state index contributed by atoms with van der Waals surface area (Å²) >= 11 is 0. The van der Waals surface area contributed by atoms with Crippen molar-refractivity contribution in [1.29, 1.82) is 0 Å². The summed E-state index contributed by atoms with van der Waals surface area (Å²) in [6.07, 6.45) is 5.21. The van der Waals surface area contributed by atoms with Crippen LogP contribution >= 0.6 is 0 Å². The van der Waals surface area contributed by atoms with Crippen molar-refractivity contribution in [2.75, 3.05) is 23.3 Å². The minimum absolute atomic E-state index is 0.00631. The van der Waals surface area contributed by atoms with Crippen molar-refractivity contribution in [2.45, 2.75) is 38.6 Å². The Kier molecular flexibility index (Phi) is 3.81. The topological polar surface area (TPSA) is 44.4 Å². The van der Waals surface area contributed by atoms with Gasteiger partial charge in [-0.15, -0.1) is 0 Å². The Hall–Kier alpha value is -1.71. The Morgan fingerprint density at radius 3 is 2.70 bits per heavy atom. The lowest BCUT2D eigenvalue weighted by Crippen LogP contribution is -2.28. The van der Waals surface area contributed by atoms with Crippen molar-refractivity contribution in [3.63, 3.8) is 0 Å². The molecule has 0 bridgehead atoms. The predicted octanol–water partition coefficient (Wildman–Crippen LogP) is 3.21. The number of anilines is 2. The number of carbonyl (C=O) groups excluding carboxylic acids is 1. The Morgan fingerprint density at radius 2 is 2.05 bits per heavy atom. The van der Waals surface area contributed by atoms with Gasteiger partial charge in [0.25, 0.3) is 0 Å². The molecule has 2 fully saturated rings. The first kappa shape index (κ1) is 13.3. The molecule has 20 heavy (non-hydrogen) atoms. The lowest BCUT2D eigenvalue weighted by Gasteiger charge is -2.28. The third-order valence-electron chi connectivity index (χ3n) is 4.34. The molecule has 4 nitrogen and oxygen atoms in total. The molecule has 1 heterocycles. The van der Waals surface area contributed by atoms with Gasteiger partial charge in [-0.05, 0) is 43.0 Å². The third kappa shape index (κ3) is 2.89. The van der Waals surface area contributed by atoms with Gasteiger partial charge in [0.05, 0.1) is 0 Å². The van der Waals surface area contributed by atoms with E-state index in [4.69, 9.17) is 0 Å². The van der Waals surface area contributed by atoms with Crippen molar-refractivity contribution >= 4 is 17.4 Å². The summed E-state index contributed by atoms with van der Waals surface area (Å²) in [5, 5.41) is 6.45. The van der Waals surface area contributed by atoms with E-state index in [1.54, 1.807) is 4.90 Å². The van der Waals surface area contributed by atoms with Gasteiger partial charge in [0, 0.05) is 30.5 Å². The Labute approximate surface area is 120 Å². The maximum Gasteiger partial charge on any atom is 0.321 e. The molecule has 4 heteroatoms. The van der Waals surface area contributed by atoms with Crippen molar-refractivity contribution in [1.82, 2.24) is 5.32 Å². The van der Waals surface area contributed by atoms with Crippen LogP contribution in [0.1, 0.15) is 32.6 Å². The second kappa shape index (κ2) is 5.73. The van der Waals surface area contributed by atoms with Gasteiger partial charge in [-0.3, -0.25) is 4.90 Å². The summed E-state index contributed by atoms with van der Waals surface area (Å²) in [5.41, 5.74) is 2.13. The van der Waals surface area contributed by atoms with E-state index in [9.17, 15) is 4.79 Å². The molecule has 1 aromatic carbocycles. The van der Waals surface area contributed by atoms with Gasteiger partial charge in [0.1, 0.15) is 0 Å². The van der Waals surface area contributed by atoms with Gasteiger partial charge in [0.2, 0.25) is 0 Å². The Bertz CT molecular complexity index is 471. The van der Waals surface area contributed by atoms with Crippen LogP contribution in [0, 0.1) is 5.92 Å². The van der Waals surface area contributed by atoms with E-state index in [2.05, 4.69) is 29.7 Å². The molecular weight excluding hydrogens is 250 g/mol. The first-order chi connectivity index (χ1) is 9.72. The van der Waals surface area contributed by atoms with Crippen molar-refractivity contribution < 1.29 is 4.79 Å². The number of hydrogen-bond acceptors (Lipinski definition) is 2. The van der Waals surface area contributed by atoms with E-state index < -0.39 is 0 Å². The minimum Gasteiger partial charge on any atom is -0.382 e. The van der Waals surface area contributed by atoms with E-state index in [0.717, 1.165) is 30.4 Å². The van der Waals surface area contributed by atoms with Crippen LogP contribution in [-0.2, 0) is 0 Å². The van der Waals surface area contributed by atoms with Gasteiger partial charge >= 0.3 is 6.03 Å². The van der Waals surface area contributed by atoms with Crippen molar-refractivity contribution in [3.8, 4) is 0 Å². The molecule has 2 amide bonds. The highest BCUT2D eigenvalue weighted by molar-refractivity contribution is 5.94. The summed E-state index contributed by atoms with van der Waals surface area (Å²) in [6.45, 7) is 3.83. The molecule has 0 aromatic heterocycles. The zero-order valence-electron chi connectivity index (χ0n) is 12.1. The molecule has 0 spiro atoms. The van der Waals surface area contributed by atoms with Crippen LogP contribution in [0.4, 0.5) is 16.2 Å². The molecule has 3 rings (SSSR count). The largest absolute Gasteiger partial charge is 0.382 e.